The number of hydrogen-bond acceptors (Lipinski definition) is 4. The maximum atomic E-state index is 14.2. The topological polar surface area (TPSA) is 48.4 Å². The minimum atomic E-state index is -0.872. The molecule has 0 bridgehead atoms. The molecule has 0 aliphatic heterocycles. The lowest BCUT2D eigenvalue weighted by Gasteiger charge is -2.19. The van der Waals surface area contributed by atoms with Gasteiger partial charge in [-0.1, -0.05) is 0 Å². The van der Waals surface area contributed by atoms with Crippen LogP contribution < -0.4 is 4.74 Å². The predicted molar refractivity (Wildman–Crippen MR) is 97.5 cm³/mol. The third kappa shape index (κ3) is 5.35. The van der Waals surface area contributed by atoms with Crippen molar-refractivity contribution in [3.63, 3.8) is 0 Å². The van der Waals surface area contributed by atoms with Crippen LogP contribution in [-0.2, 0) is 11.3 Å². The van der Waals surface area contributed by atoms with Crippen molar-refractivity contribution in [3.05, 3.63) is 56.3 Å². The van der Waals surface area contributed by atoms with Gasteiger partial charge in [-0.25, -0.2) is 18.6 Å². The SMILES string of the molecule is Cc1ccc(I)c(OCc2c(F)cc(C(=O)OC(C)(C)C)cc2F)n1. The molecule has 1 heterocycles. The van der Waals surface area contributed by atoms with Crippen molar-refractivity contribution >= 4 is 28.6 Å². The highest BCUT2D eigenvalue weighted by molar-refractivity contribution is 14.1. The number of pyridine rings is 1. The maximum absolute atomic E-state index is 14.2. The van der Waals surface area contributed by atoms with E-state index in [0.29, 0.717) is 5.88 Å². The Morgan fingerprint density at radius 1 is 1.20 bits per heavy atom. The van der Waals surface area contributed by atoms with Gasteiger partial charge in [0, 0.05) is 5.69 Å². The van der Waals surface area contributed by atoms with E-state index in [4.69, 9.17) is 9.47 Å². The van der Waals surface area contributed by atoms with Crippen molar-refractivity contribution in [2.75, 3.05) is 0 Å². The smallest absolute Gasteiger partial charge is 0.338 e. The third-order valence-electron chi connectivity index (χ3n) is 3.08. The molecule has 7 heteroatoms. The predicted octanol–water partition coefficient (Wildman–Crippen LogP) is 4.81. The molecule has 0 N–H and O–H groups in total. The van der Waals surface area contributed by atoms with Crippen LogP contribution in [0.2, 0.25) is 0 Å². The zero-order valence-electron chi connectivity index (χ0n) is 14.3. The van der Waals surface area contributed by atoms with E-state index in [2.05, 4.69) is 4.98 Å². The number of carbonyl (C=O) groups excluding carboxylic acids is 1. The first-order valence-corrected chi connectivity index (χ1v) is 8.62. The number of aromatic nitrogens is 1. The summed E-state index contributed by atoms with van der Waals surface area (Å²) in [5, 5.41) is 0. The van der Waals surface area contributed by atoms with E-state index < -0.39 is 23.2 Å². The van der Waals surface area contributed by atoms with Crippen LogP contribution in [0, 0.1) is 22.1 Å². The first-order valence-electron chi connectivity index (χ1n) is 7.54. The van der Waals surface area contributed by atoms with Crippen LogP contribution in [-0.4, -0.2) is 16.6 Å². The van der Waals surface area contributed by atoms with Crippen LogP contribution in [0.15, 0.2) is 24.3 Å². The summed E-state index contributed by atoms with van der Waals surface area (Å²) in [7, 11) is 0. The molecule has 0 radical (unpaired) electrons. The van der Waals surface area contributed by atoms with E-state index in [1.807, 2.05) is 28.7 Å². The summed E-state index contributed by atoms with van der Waals surface area (Å²) in [5.41, 5.74) is -0.473. The Bertz CT molecular complexity index is 780. The van der Waals surface area contributed by atoms with Gasteiger partial charge in [0.1, 0.15) is 23.8 Å². The molecule has 0 saturated carbocycles. The van der Waals surface area contributed by atoms with Gasteiger partial charge in [0.05, 0.1) is 14.7 Å². The van der Waals surface area contributed by atoms with Gasteiger partial charge < -0.3 is 9.47 Å². The Morgan fingerprint density at radius 3 is 2.36 bits per heavy atom. The normalized spacial score (nSPS) is 11.3. The summed E-state index contributed by atoms with van der Waals surface area (Å²) < 4.78 is 39.8. The highest BCUT2D eigenvalue weighted by Crippen LogP contribution is 2.23. The van der Waals surface area contributed by atoms with Crippen molar-refractivity contribution in [2.24, 2.45) is 0 Å². The van der Waals surface area contributed by atoms with Crippen molar-refractivity contribution in [2.45, 2.75) is 39.9 Å². The maximum Gasteiger partial charge on any atom is 0.338 e. The molecule has 1 aromatic heterocycles. The lowest BCUT2D eigenvalue weighted by molar-refractivity contribution is 0.00683. The van der Waals surface area contributed by atoms with Gasteiger partial charge >= 0.3 is 5.97 Å². The van der Waals surface area contributed by atoms with E-state index in [0.717, 1.165) is 21.4 Å². The first-order chi connectivity index (χ1) is 11.6. The van der Waals surface area contributed by atoms with Gasteiger partial charge in [0.15, 0.2) is 0 Å². The molecule has 2 rings (SSSR count). The molecule has 0 fully saturated rings. The van der Waals surface area contributed by atoms with E-state index in [9.17, 15) is 13.6 Å². The van der Waals surface area contributed by atoms with Gasteiger partial charge in [-0.2, -0.15) is 0 Å². The highest BCUT2D eigenvalue weighted by atomic mass is 127. The summed E-state index contributed by atoms with van der Waals surface area (Å²) in [5.74, 6) is -2.23. The van der Waals surface area contributed by atoms with E-state index in [-0.39, 0.29) is 17.7 Å². The Kier molecular flexibility index (Phi) is 5.97. The number of rotatable bonds is 4. The number of carbonyl (C=O) groups is 1. The Hall–Kier alpha value is -1.77. The van der Waals surface area contributed by atoms with Gasteiger partial charge in [-0.15, -0.1) is 0 Å². The monoisotopic (exact) mass is 461 g/mol. The Balaban J connectivity index is 2.20. The number of benzene rings is 1. The molecule has 1 aromatic carbocycles. The van der Waals surface area contributed by atoms with Crippen molar-refractivity contribution in [1.29, 1.82) is 0 Å². The molecular formula is C18H18F2INO3. The molecule has 25 heavy (non-hydrogen) atoms. The first kappa shape index (κ1) is 19.6. The Morgan fingerprint density at radius 2 is 1.80 bits per heavy atom. The van der Waals surface area contributed by atoms with Crippen LogP contribution in [0.5, 0.6) is 5.88 Å². The fourth-order valence-electron chi connectivity index (χ4n) is 1.95. The molecule has 0 aliphatic rings. The molecule has 2 aromatic rings. The van der Waals surface area contributed by atoms with Crippen LogP contribution >= 0.6 is 22.6 Å². The second-order valence-corrected chi connectivity index (χ2v) is 7.61. The number of nitrogens with zero attached hydrogens (tertiary/aromatic N) is 1. The van der Waals surface area contributed by atoms with Gasteiger partial charge in [0.2, 0.25) is 5.88 Å². The largest absolute Gasteiger partial charge is 0.472 e. The lowest BCUT2D eigenvalue weighted by Crippen LogP contribution is -2.24. The molecule has 0 spiro atoms. The van der Waals surface area contributed by atoms with Crippen molar-refractivity contribution in [1.82, 2.24) is 4.98 Å². The zero-order chi connectivity index (χ0) is 18.8. The number of esters is 1. The van der Waals surface area contributed by atoms with Crippen molar-refractivity contribution in [3.8, 4) is 5.88 Å². The standard InChI is InChI=1S/C18H18F2INO3/c1-10-5-6-15(21)16(22-10)24-9-12-13(19)7-11(8-14(12)20)17(23)25-18(2,3)4/h5-8H,9H2,1-4H3. The number of aryl methyl sites for hydroxylation is 1. The number of ether oxygens (including phenoxy) is 2. The average Bonchev–Trinajstić information content (AvgIpc) is 2.47. The molecule has 0 unspecified atom stereocenters. The third-order valence-corrected chi connectivity index (χ3v) is 3.90. The van der Waals surface area contributed by atoms with E-state index >= 15 is 0 Å². The molecule has 4 nitrogen and oxygen atoms in total. The van der Waals surface area contributed by atoms with E-state index in [1.165, 1.54) is 0 Å². The zero-order valence-corrected chi connectivity index (χ0v) is 16.5. The van der Waals surface area contributed by atoms with Crippen LogP contribution in [0.25, 0.3) is 0 Å². The van der Waals surface area contributed by atoms with Crippen molar-refractivity contribution < 1.29 is 23.0 Å². The number of hydrogen-bond donors (Lipinski definition) is 0. The summed E-state index contributed by atoms with van der Waals surface area (Å²) >= 11 is 2.03. The molecular weight excluding hydrogens is 443 g/mol. The van der Waals surface area contributed by atoms with Crippen LogP contribution in [0.3, 0.4) is 0 Å². The van der Waals surface area contributed by atoms with Crippen LogP contribution in [0.4, 0.5) is 8.78 Å². The summed E-state index contributed by atoms with van der Waals surface area (Å²) in [6, 6.07) is 5.51. The second-order valence-electron chi connectivity index (χ2n) is 6.45. The van der Waals surface area contributed by atoms with Gasteiger partial charge in [-0.3, -0.25) is 0 Å². The molecule has 0 aliphatic carbocycles. The molecule has 0 atom stereocenters. The highest BCUT2D eigenvalue weighted by Gasteiger charge is 2.21. The number of halogens is 3. The lowest BCUT2D eigenvalue weighted by atomic mass is 10.1. The fraction of sp³-hybridized carbons (Fsp3) is 0.333. The molecule has 0 saturated heterocycles. The second kappa shape index (κ2) is 7.63. The summed E-state index contributed by atoms with van der Waals surface area (Å²) in [6.45, 7) is 6.49. The van der Waals surface area contributed by atoms with Gasteiger partial charge in [0.25, 0.3) is 0 Å². The van der Waals surface area contributed by atoms with E-state index in [1.54, 1.807) is 33.8 Å². The minimum Gasteiger partial charge on any atom is -0.472 e. The fourth-order valence-corrected chi connectivity index (χ4v) is 2.41. The molecule has 134 valence electrons. The minimum absolute atomic E-state index is 0.183. The average molecular weight is 461 g/mol. The Labute approximate surface area is 158 Å². The van der Waals surface area contributed by atoms with Gasteiger partial charge in [-0.05, 0) is 74.6 Å². The quantitative estimate of drug-likeness (QED) is 0.485. The summed E-state index contributed by atoms with van der Waals surface area (Å²) in [4.78, 5) is 16.1. The summed E-state index contributed by atoms with van der Waals surface area (Å²) in [6.07, 6.45) is 0. The van der Waals surface area contributed by atoms with Crippen LogP contribution in [0.1, 0.15) is 42.4 Å². The molecule has 0 amide bonds.